The van der Waals surface area contributed by atoms with Gasteiger partial charge in [-0.05, 0) is 63.2 Å². The van der Waals surface area contributed by atoms with Crippen LogP contribution >= 0.6 is 11.8 Å². The average molecular weight is 404 g/mol. The summed E-state index contributed by atoms with van der Waals surface area (Å²) in [6.07, 6.45) is 6.22. The first kappa shape index (κ1) is 20.7. The zero-order valence-corrected chi connectivity index (χ0v) is 17.1. The zero-order chi connectivity index (χ0) is 19.6. The van der Waals surface area contributed by atoms with Crippen molar-refractivity contribution in [1.82, 2.24) is 10.2 Å². The molecule has 0 saturated carbocycles. The van der Waals surface area contributed by atoms with Gasteiger partial charge in [-0.2, -0.15) is 0 Å². The van der Waals surface area contributed by atoms with Crippen molar-refractivity contribution in [2.75, 3.05) is 43.9 Å². The maximum absolute atomic E-state index is 12.3. The number of hydrogen-bond donors (Lipinski definition) is 2. The van der Waals surface area contributed by atoms with Crippen molar-refractivity contribution < 1.29 is 14.3 Å². The normalized spacial score (nSPS) is 17.8. The molecule has 6 nitrogen and oxygen atoms in total. The van der Waals surface area contributed by atoms with E-state index in [1.165, 1.54) is 38.8 Å². The van der Waals surface area contributed by atoms with E-state index in [2.05, 4.69) is 15.5 Å². The number of carbonyl (C=O) groups excluding carboxylic acids is 2. The number of amides is 2. The molecule has 152 valence electrons. The number of likely N-dealkylation sites (tertiary alicyclic amines) is 1. The van der Waals surface area contributed by atoms with E-state index >= 15 is 0 Å². The van der Waals surface area contributed by atoms with E-state index in [1.807, 2.05) is 0 Å². The van der Waals surface area contributed by atoms with Gasteiger partial charge in [0, 0.05) is 29.0 Å². The molecule has 0 spiro atoms. The van der Waals surface area contributed by atoms with Crippen LogP contribution in [0.25, 0.3) is 0 Å². The summed E-state index contributed by atoms with van der Waals surface area (Å²) in [5.41, 5.74) is 1.24. The van der Waals surface area contributed by atoms with E-state index in [0.29, 0.717) is 30.2 Å². The molecule has 3 rings (SSSR count). The molecule has 0 atom stereocenters. The minimum Gasteiger partial charge on any atom is -0.487 e. The van der Waals surface area contributed by atoms with Gasteiger partial charge in [-0.1, -0.05) is 12.8 Å². The highest BCUT2D eigenvalue weighted by Gasteiger charge is 2.15. The standard InChI is InChI=1S/C21H29N3O3S/c25-20(22-10-5-13-24-11-3-1-2-4-12-24)17-6-8-18(9-7-17)23-21(26)19-16-28-15-14-27-19/h6-9,16H,1-5,10-15H2,(H,22,25)(H,23,26). The predicted molar refractivity (Wildman–Crippen MR) is 113 cm³/mol. The average Bonchev–Trinajstić information content (AvgIpc) is 3.01. The van der Waals surface area contributed by atoms with E-state index in [4.69, 9.17) is 4.74 Å². The van der Waals surface area contributed by atoms with Crippen molar-refractivity contribution in [3.05, 3.63) is 41.0 Å². The summed E-state index contributed by atoms with van der Waals surface area (Å²) in [4.78, 5) is 26.9. The highest BCUT2D eigenvalue weighted by molar-refractivity contribution is 8.02. The van der Waals surface area contributed by atoms with Gasteiger partial charge in [0.2, 0.25) is 0 Å². The Hall–Kier alpha value is -1.99. The summed E-state index contributed by atoms with van der Waals surface area (Å²) in [6.45, 7) is 4.63. The van der Waals surface area contributed by atoms with Crippen LogP contribution in [0.1, 0.15) is 42.5 Å². The summed E-state index contributed by atoms with van der Waals surface area (Å²) in [7, 11) is 0. The van der Waals surface area contributed by atoms with Gasteiger partial charge in [0.1, 0.15) is 0 Å². The van der Waals surface area contributed by atoms with Crippen molar-refractivity contribution in [3.63, 3.8) is 0 Å². The van der Waals surface area contributed by atoms with E-state index in [-0.39, 0.29) is 11.8 Å². The lowest BCUT2D eigenvalue weighted by atomic mass is 10.2. The molecule has 1 saturated heterocycles. The summed E-state index contributed by atoms with van der Waals surface area (Å²) < 4.78 is 5.34. The molecule has 0 radical (unpaired) electrons. The van der Waals surface area contributed by atoms with Crippen LogP contribution in [0.3, 0.4) is 0 Å². The molecule has 0 aliphatic carbocycles. The van der Waals surface area contributed by atoms with Gasteiger partial charge < -0.3 is 20.3 Å². The smallest absolute Gasteiger partial charge is 0.291 e. The Morgan fingerprint density at radius 1 is 1.04 bits per heavy atom. The maximum atomic E-state index is 12.3. The topological polar surface area (TPSA) is 70.7 Å². The Morgan fingerprint density at radius 3 is 2.46 bits per heavy atom. The molecule has 2 heterocycles. The third kappa shape index (κ3) is 6.56. The number of thioether (sulfide) groups is 1. The van der Waals surface area contributed by atoms with Crippen LogP contribution in [0.5, 0.6) is 0 Å². The molecule has 2 aliphatic rings. The summed E-state index contributed by atoms with van der Waals surface area (Å²) >= 11 is 1.56. The highest BCUT2D eigenvalue weighted by atomic mass is 32.2. The van der Waals surface area contributed by atoms with Crippen molar-refractivity contribution in [2.24, 2.45) is 0 Å². The lowest BCUT2D eigenvalue weighted by Crippen LogP contribution is -2.30. The number of nitrogens with zero attached hydrogens (tertiary/aromatic N) is 1. The van der Waals surface area contributed by atoms with Crippen LogP contribution in [0.15, 0.2) is 35.4 Å². The Kier molecular flexibility index (Phi) is 8.23. The SMILES string of the molecule is O=C(Nc1ccc(C(=O)NCCCN2CCCCCC2)cc1)C1=CSCCO1. The lowest BCUT2D eigenvalue weighted by molar-refractivity contribution is -0.116. The molecule has 28 heavy (non-hydrogen) atoms. The number of carbonyl (C=O) groups is 2. The number of ether oxygens (including phenoxy) is 1. The Balaban J connectivity index is 1.39. The molecule has 2 aliphatic heterocycles. The van der Waals surface area contributed by atoms with Gasteiger partial charge >= 0.3 is 0 Å². The van der Waals surface area contributed by atoms with Crippen molar-refractivity contribution in [3.8, 4) is 0 Å². The highest BCUT2D eigenvalue weighted by Crippen LogP contribution is 2.17. The van der Waals surface area contributed by atoms with Crippen molar-refractivity contribution in [1.29, 1.82) is 0 Å². The zero-order valence-electron chi connectivity index (χ0n) is 16.2. The summed E-state index contributed by atoms with van der Waals surface area (Å²) in [5.74, 6) is 0.849. The molecule has 2 N–H and O–H groups in total. The molecular weight excluding hydrogens is 374 g/mol. The van der Waals surface area contributed by atoms with Crippen molar-refractivity contribution >= 4 is 29.3 Å². The Labute approximate surface area is 171 Å². The Morgan fingerprint density at radius 2 is 1.79 bits per heavy atom. The molecule has 1 fully saturated rings. The van der Waals surface area contributed by atoms with Gasteiger partial charge in [0.15, 0.2) is 5.76 Å². The van der Waals surface area contributed by atoms with Gasteiger partial charge in [-0.3, -0.25) is 9.59 Å². The third-order valence-corrected chi connectivity index (χ3v) is 5.70. The number of nitrogens with one attached hydrogen (secondary N) is 2. The maximum Gasteiger partial charge on any atom is 0.291 e. The molecule has 1 aromatic carbocycles. The van der Waals surface area contributed by atoms with E-state index in [9.17, 15) is 9.59 Å². The van der Waals surface area contributed by atoms with Crippen LogP contribution in [-0.4, -0.2) is 55.3 Å². The first-order chi connectivity index (χ1) is 13.7. The monoisotopic (exact) mass is 403 g/mol. The molecule has 0 bridgehead atoms. The summed E-state index contributed by atoms with van der Waals surface area (Å²) in [5, 5.41) is 7.50. The van der Waals surface area contributed by atoms with Crippen LogP contribution in [0.2, 0.25) is 0 Å². The first-order valence-corrected chi connectivity index (χ1v) is 11.1. The fraction of sp³-hybridized carbons (Fsp3) is 0.524. The molecule has 0 aromatic heterocycles. The third-order valence-electron chi connectivity index (χ3n) is 4.91. The van der Waals surface area contributed by atoms with Gasteiger partial charge in [0.05, 0.1) is 6.61 Å². The molecule has 7 heteroatoms. The van der Waals surface area contributed by atoms with Crippen molar-refractivity contribution in [2.45, 2.75) is 32.1 Å². The van der Waals surface area contributed by atoms with Crippen LogP contribution < -0.4 is 10.6 Å². The van der Waals surface area contributed by atoms with E-state index in [1.54, 1.807) is 41.4 Å². The van der Waals surface area contributed by atoms with E-state index < -0.39 is 0 Å². The van der Waals surface area contributed by atoms with Gasteiger partial charge in [-0.15, -0.1) is 11.8 Å². The molecular formula is C21H29N3O3S. The van der Waals surface area contributed by atoms with Gasteiger partial charge in [-0.25, -0.2) is 0 Å². The number of rotatable bonds is 7. The predicted octanol–water partition coefficient (Wildman–Crippen LogP) is 3.23. The second-order valence-corrected chi connectivity index (χ2v) is 8.08. The van der Waals surface area contributed by atoms with E-state index in [0.717, 1.165) is 18.7 Å². The second kappa shape index (κ2) is 11.1. The van der Waals surface area contributed by atoms with Crippen LogP contribution in [0, 0.1) is 0 Å². The largest absolute Gasteiger partial charge is 0.487 e. The number of hydrogen-bond acceptors (Lipinski definition) is 5. The van der Waals surface area contributed by atoms with Gasteiger partial charge in [0.25, 0.3) is 11.8 Å². The quantitative estimate of drug-likeness (QED) is 0.684. The van der Waals surface area contributed by atoms with Crippen LogP contribution in [-0.2, 0) is 9.53 Å². The summed E-state index contributed by atoms with van der Waals surface area (Å²) in [6, 6.07) is 6.93. The first-order valence-electron chi connectivity index (χ1n) is 10.1. The number of benzene rings is 1. The second-order valence-electron chi connectivity index (χ2n) is 7.10. The molecule has 2 amide bonds. The lowest BCUT2D eigenvalue weighted by Gasteiger charge is -2.19. The molecule has 1 aromatic rings. The minimum atomic E-state index is -0.266. The number of anilines is 1. The Bertz CT molecular complexity index is 683. The minimum absolute atomic E-state index is 0.0801. The molecule has 0 unspecified atom stereocenters. The fourth-order valence-electron chi connectivity index (χ4n) is 3.35. The fourth-order valence-corrected chi connectivity index (χ4v) is 3.98. The van der Waals surface area contributed by atoms with Crippen LogP contribution in [0.4, 0.5) is 5.69 Å².